The molecule has 1 aliphatic carbocycles. The number of rotatable bonds is 2. The van der Waals surface area contributed by atoms with E-state index in [0.717, 1.165) is 16.6 Å². The summed E-state index contributed by atoms with van der Waals surface area (Å²) in [6.07, 6.45) is 3.76. The van der Waals surface area contributed by atoms with Crippen LogP contribution in [0.15, 0.2) is 23.0 Å². The molecule has 96 valence electrons. The summed E-state index contributed by atoms with van der Waals surface area (Å²) in [5, 5.41) is 0.0466. The fourth-order valence-corrected chi connectivity index (χ4v) is 3.59. The Bertz CT molecular complexity index is 616. The fraction of sp³-hybridized carbons (Fsp3) is 0.500. The molecule has 1 fully saturated rings. The summed E-state index contributed by atoms with van der Waals surface area (Å²) in [6.45, 7) is 2.28. The van der Waals surface area contributed by atoms with Crippen molar-refractivity contribution in [1.29, 1.82) is 0 Å². The van der Waals surface area contributed by atoms with Crippen LogP contribution in [0.4, 0.5) is 0 Å². The Morgan fingerprint density at radius 3 is 2.78 bits per heavy atom. The normalized spacial score (nSPS) is 25.7. The molecule has 0 spiro atoms. The van der Waals surface area contributed by atoms with Gasteiger partial charge in [0.05, 0.1) is 16.4 Å². The van der Waals surface area contributed by atoms with Crippen molar-refractivity contribution < 1.29 is 0 Å². The molecule has 4 heteroatoms. The summed E-state index contributed by atoms with van der Waals surface area (Å²) in [5.74, 6) is 1.24. The minimum Gasteiger partial charge on any atom is -0.306 e. The lowest BCUT2D eigenvalue weighted by Crippen LogP contribution is -2.10. The summed E-state index contributed by atoms with van der Waals surface area (Å²) in [7, 11) is 0. The molecule has 1 aliphatic rings. The molecule has 0 aliphatic heterocycles. The highest BCUT2D eigenvalue weighted by atomic mass is 35.5. The maximum absolute atomic E-state index is 11.2. The summed E-state index contributed by atoms with van der Waals surface area (Å²) in [5.41, 5.74) is 2.63. The van der Waals surface area contributed by atoms with Crippen LogP contribution in [0, 0.1) is 11.8 Å². The Kier molecular flexibility index (Phi) is 2.94. The second-order valence-corrected chi connectivity index (χ2v) is 5.83. The van der Waals surface area contributed by atoms with Gasteiger partial charge < -0.3 is 9.97 Å². The Balaban J connectivity index is 1.95. The molecule has 2 aromatic rings. The van der Waals surface area contributed by atoms with Crippen LogP contribution in [0.25, 0.3) is 11.0 Å². The average Bonchev–Trinajstić information content (AvgIpc) is 2.91. The van der Waals surface area contributed by atoms with Crippen molar-refractivity contribution in [3.05, 3.63) is 34.2 Å². The minimum absolute atomic E-state index is 0.0466. The summed E-state index contributed by atoms with van der Waals surface area (Å²) >= 11 is 6.61. The Morgan fingerprint density at radius 2 is 2.06 bits per heavy atom. The van der Waals surface area contributed by atoms with Crippen LogP contribution in [-0.2, 0) is 0 Å². The number of hydrogen-bond acceptors (Lipinski definition) is 1. The molecule has 3 rings (SSSR count). The molecule has 0 radical (unpaired) electrons. The highest BCUT2D eigenvalue weighted by molar-refractivity contribution is 6.21. The van der Waals surface area contributed by atoms with Crippen LogP contribution >= 0.6 is 11.6 Å². The second-order valence-electron chi connectivity index (χ2n) is 5.36. The van der Waals surface area contributed by atoms with E-state index in [-0.39, 0.29) is 11.1 Å². The van der Waals surface area contributed by atoms with E-state index < -0.39 is 0 Å². The van der Waals surface area contributed by atoms with E-state index in [1.54, 1.807) is 0 Å². The van der Waals surface area contributed by atoms with Gasteiger partial charge >= 0.3 is 5.69 Å². The molecule has 1 saturated carbocycles. The third-order valence-electron chi connectivity index (χ3n) is 4.16. The van der Waals surface area contributed by atoms with Gasteiger partial charge in [-0.2, -0.15) is 0 Å². The highest BCUT2D eigenvalue weighted by Gasteiger charge is 2.30. The van der Waals surface area contributed by atoms with Gasteiger partial charge in [-0.3, -0.25) is 0 Å². The van der Waals surface area contributed by atoms with Gasteiger partial charge in [0, 0.05) is 0 Å². The Labute approximate surface area is 111 Å². The molecule has 0 saturated heterocycles. The quantitative estimate of drug-likeness (QED) is 0.801. The lowest BCUT2D eigenvalue weighted by atomic mass is 9.90. The first kappa shape index (κ1) is 11.8. The van der Waals surface area contributed by atoms with Crippen molar-refractivity contribution in [2.24, 2.45) is 11.8 Å². The first-order chi connectivity index (χ1) is 8.65. The number of H-pyrrole nitrogens is 2. The van der Waals surface area contributed by atoms with Crippen molar-refractivity contribution in [2.45, 2.75) is 31.6 Å². The number of aromatic nitrogens is 2. The second kappa shape index (κ2) is 4.47. The smallest absolute Gasteiger partial charge is 0.306 e. The number of benzene rings is 1. The SMILES string of the molecule is CC1CCCC1C(Cl)c1ccc2[nH]c(=O)[nH]c2c1. The molecular weight excluding hydrogens is 248 g/mol. The topological polar surface area (TPSA) is 48.6 Å². The zero-order valence-electron chi connectivity index (χ0n) is 10.4. The number of halogens is 1. The predicted octanol–water partition coefficient (Wildman–Crippen LogP) is 3.57. The molecule has 3 nitrogen and oxygen atoms in total. The van der Waals surface area contributed by atoms with E-state index in [2.05, 4.69) is 16.9 Å². The lowest BCUT2D eigenvalue weighted by molar-refractivity contribution is 0.406. The van der Waals surface area contributed by atoms with Crippen LogP contribution in [0.5, 0.6) is 0 Å². The van der Waals surface area contributed by atoms with Gasteiger partial charge in [-0.15, -0.1) is 11.6 Å². The van der Waals surface area contributed by atoms with Crippen LogP contribution in [-0.4, -0.2) is 9.97 Å². The van der Waals surface area contributed by atoms with Gasteiger partial charge in [0.2, 0.25) is 0 Å². The Morgan fingerprint density at radius 1 is 1.28 bits per heavy atom. The van der Waals surface area contributed by atoms with Crippen molar-refractivity contribution in [3.63, 3.8) is 0 Å². The van der Waals surface area contributed by atoms with Crippen LogP contribution < -0.4 is 5.69 Å². The molecule has 1 aromatic heterocycles. The molecule has 0 bridgehead atoms. The van der Waals surface area contributed by atoms with Crippen molar-refractivity contribution in [1.82, 2.24) is 9.97 Å². The Hall–Kier alpha value is -1.22. The molecule has 0 amide bonds. The number of imidazole rings is 1. The average molecular weight is 265 g/mol. The first-order valence-corrected chi connectivity index (χ1v) is 6.95. The van der Waals surface area contributed by atoms with Gasteiger partial charge in [0.25, 0.3) is 0 Å². The van der Waals surface area contributed by atoms with E-state index >= 15 is 0 Å². The van der Waals surface area contributed by atoms with E-state index in [0.29, 0.717) is 11.8 Å². The third kappa shape index (κ3) is 1.97. The number of alkyl halides is 1. The molecule has 1 aromatic carbocycles. The van der Waals surface area contributed by atoms with Gasteiger partial charge in [-0.1, -0.05) is 25.8 Å². The van der Waals surface area contributed by atoms with Gasteiger partial charge in [-0.25, -0.2) is 4.79 Å². The molecule has 18 heavy (non-hydrogen) atoms. The summed E-state index contributed by atoms with van der Waals surface area (Å²) < 4.78 is 0. The molecule has 3 unspecified atom stereocenters. The lowest BCUT2D eigenvalue weighted by Gasteiger charge is -2.21. The summed E-state index contributed by atoms with van der Waals surface area (Å²) in [6, 6.07) is 5.95. The van der Waals surface area contributed by atoms with Crippen LogP contribution in [0.1, 0.15) is 37.1 Å². The van der Waals surface area contributed by atoms with E-state index in [4.69, 9.17) is 11.6 Å². The van der Waals surface area contributed by atoms with E-state index in [1.807, 2.05) is 18.2 Å². The third-order valence-corrected chi connectivity index (χ3v) is 4.74. The van der Waals surface area contributed by atoms with Gasteiger partial charge in [0.15, 0.2) is 0 Å². The molecule has 3 atom stereocenters. The first-order valence-electron chi connectivity index (χ1n) is 6.51. The predicted molar refractivity (Wildman–Crippen MR) is 74.0 cm³/mol. The van der Waals surface area contributed by atoms with Gasteiger partial charge in [-0.05, 0) is 36.0 Å². The fourth-order valence-electron chi connectivity index (χ4n) is 3.08. The van der Waals surface area contributed by atoms with Crippen LogP contribution in [0.3, 0.4) is 0 Å². The van der Waals surface area contributed by atoms with Crippen LogP contribution in [0.2, 0.25) is 0 Å². The number of aromatic amines is 2. The summed E-state index contributed by atoms with van der Waals surface area (Å²) in [4.78, 5) is 16.8. The standard InChI is InChI=1S/C14H17ClN2O/c1-8-3-2-4-10(8)13(15)9-5-6-11-12(7-9)17-14(18)16-11/h5-8,10,13H,2-4H2,1H3,(H2,16,17,18). The zero-order chi connectivity index (χ0) is 12.7. The van der Waals surface area contributed by atoms with Crippen molar-refractivity contribution >= 4 is 22.6 Å². The number of nitrogens with one attached hydrogen (secondary N) is 2. The zero-order valence-corrected chi connectivity index (χ0v) is 11.1. The largest absolute Gasteiger partial charge is 0.323 e. The van der Waals surface area contributed by atoms with Gasteiger partial charge in [0.1, 0.15) is 0 Å². The van der Waals surface area contributed by atoms with Crippen molar-refractivity contribution in [3.8, 4) is 0 Å². The van der Waals surface area contributed by atoms with E-state index in [9.17, 15) is 4.79 Å². The molecule has 1 heterocycles. The maximum atomic E-state index is 11.2. The highest BCUT2D eigenvalue weighted by Crippen LogP contribution is 2.43. The monoisotopic (exact) mass is 264 g/mol. The number of hydrogen-bond donors (Lipinski definition) is 2. The molecular formula is C14H17ClN2O. The van der Waals surface area contributed by atoms with Crippen molar-refractivity contribution in [2.75, 3.05) is 0 Å². The molecule has 2 N–H and O–H groups in total. The minimum atomic E-state index is -0.164. The van der Waals surface area contributed by atoms with E-state index in [1.165, 1.54) is 19.3 Å². The number of fused-ring (bicyclic) bond motifs is 1. The maximum Gasteiger partial charge on any atom is 0.323 e.